The number of rotatable bonds is 2. The van der Waals surface area contributed by atoms with Gasteiger partial charge < -0.3 is 5.32 Å². The van der Waals surface area contributed by atoms with Crippen molar-refractivity contribution in [2.75, 3.05) is 5.32 Å². The molecule has 1 aliphatic rings. The lowest BCUT2D eigenvalue weighted by atomic mass is 9.92. The molecule has 0 heterocycles. The Balaban J connectivity index is 1.97. The van der Waals surface area contributed by atoms with E-state index in [9.17, 15) is 8.78 Å². The van der Waals surface area contributed by atoms with Gasteiger partial charge in [-0.1, -0.05) is 11.6 Å². The molecule has 0 radical (unpaired) electrons. The fourth-order valence-electron chi connectivity index (χ4n) is 2.24. The van der Waals surface area contributed by atoms with Crippen LogP contribution in [0.1, 0.15) is 31.2 Å². The van der Waals surface area contributed by atoms with Gasteiger partial charge in [0, 0.05) is 29.6 Å². The van der Waals surface area contributed by atoms with Crippen molar-refractivity contribution < 1.29 is 8.78 Å². The quantitative estimate of drug-likeness (QED) is 0.816. The van der Waals surface area contributed by atoms with Crippen LogP contribution in [0.15, 0.2) is 18.2 Å². The Morgan fingerprint density at radius 3 is 2.47 bits per heavy atom. The zero-order valence-electron chi connectivity index (χ0n) is 9.77. The van der Waals surface area contributed by atoms with Crippen LogP contribution in [0, 0.1) is 6.92 Å². The molecule has 0 saturated heterocycles. The second kappa shape index (κ2) is 4.81. The first kappa shape index (κ1) is 12.6. The maximum Gasteiger partial charge on any atom is 0.248 e. The monoisotopic (exact) mass is 259 g/mol. The van der Waals surface area contributed by atoms with Gasteiger partial charge in [-0.25, -0.2) is 8.78 Å². The number of hydrogen-bond donors (Lipinski definition) is 1. The van der Waals surface area contributed by atoms with Crippen molar-refractivity contribution in [3.05, 3.63) is 28.8 Å². The summed E-state index contributed by atoms with van der Waals surface area (Å²) in [4.78, 5) is 0. The van der Waals surface area contributed by atoms with E-state index in [1.165, 1.54) is 0 Å². The van der Waals surface area contributed by atoms with E-state index in [2.05, 4.69) is 5.32 Å². The summed E-state index contributed by atoms with van der Waals surface area (Å²) < 4.78 is 26.0. The number of halogens is 3. The summed E-state index contributed by atoms with van der Waals surface area (Å²) in [6, 6.07) is 5.83. The molecule has 1 aromatic carbocycles. The van der Waals surface area contributed by atoms with Crippen molar-refractivity contribution in [2.24, 2.45) is 0 Å². The van der Waals surface area contributed by atoms with Gasteiger partial charge in [0.15, 0.2) is 0 Å². The molecule has 94 valence electrons. The highest BCUT2D eigenvalue weighted by molar-refractivity contribution is 6.30. The van der Waals surface area contributed by atoms with E-state index >= 15 is 0 Å². The average Bonchev–Trinajstić information content (AvgIpc) is 2.20. The second-order valence-electron chi connectivity index (χ2n) is 4.79. The van der Waals surface area contributed by atoms with Crippen molar-refractivity contribution in [1.82, 2.24) is 0 Å². The normalized spacial score (nSPS) is 20.2. The van der Waals surface area contributed by atoms with Crippen molar-refractivity contribution in [1.29, 1.82) is 0 Å². The van der Waals surface area contributed by atoms with E-state index in [0.29, 0.717) is 17.9 Å². The van der Waals surface area contributed by atoms with Crippen LogP contribution in [-0.4, -0.2) is 12.0 Å². The number of alkyl halides is 2. The molecule has 1 aliphatic carbocycles. The molecule has 0 aliphatic heterocycles. The van der Waals surface area contributed by atoms with Crippen LogP contribution in [0.4, 0.5) is 14.5 Å². The number of anilines is 1. The molecular weight excluding hydrogens is 244 g/mol. The number of hydrogen-bond acceptors (Lipinski definition) is 1. The summed E-state index contributed by atoms with van der Waals surface area (Å²) in [6.07, 6.45) is 0.978. The second-order valence-corrected chi connectivity index (χ2v) is 5.23. The highest BCUT2D eigenvalue weighted by Crippen LogP contribution is 2.34. The summed E-state index contributed by atoms with van der Waals surface area (Å²) in [5.41, 5.74) is 1.99. The van der Waals surface area contributed by atoms with Crippen LogP contribution in [0.25, 0.3) is 0 Å². The average molecular weight is 260 g/mol. The maximum absolute atomic E-state index is 13.0. The van der Waals surface area contributed by atoms with E-state index in [4.69, 9.17) is 11.6 Å². The predicted molar refractivity (Wildman–Crippen MR) is 67.0 cm³/mol. The fourth-order valence-corrected chi connectivity index (χ4v) is 2.53. The molecular formula is C13H16ClF2N. The van der Waals surface area contributed by atoms with E-state index in [0.717, 1.165) is 11.3 Å². The van der Waals surface area contributed by atoms with Crippen molar-refractivity contribution in [2.45, 2.75) is 44.6 Å². The van der Waals surface area contributed by atoms with E-state index in [-0.39, 0.29) is 18.9 Å². The fraction of sp³-hybridized carbons (Fsp3) is 0.538. The van der Waals surface area contributed by atoms with E-state index in [1.807, 2.05) is 25.1 Å². The number of nitrogens with one attached hydrogen (secondary N) is 1. The molecule has 0 spiro atoms. The summed E-state index contributed by atoms with van der Waals surface area (Å²) in [5.74, 6) is -2.47. The van der Waals surface area contributed by atoms with Crippen molar-refractivity contribution in [3.63, 3.8) is 0 Å². The molecule has 0 atom stereocenters. The third kappa shape index (κ3) is 3.56. The van der Waals surface area contributed by atoms with Gasteiger partial charge in [0.05, 0.1) is 0 Å². The summed E-state index contributed by atoms with van der Waals surface area (Å²) in [5, 5.41) is 3.96. The minimum atomic E-state index is -2.47. The summed E-state index contributed by atoms with van der Waals surface area (Å²) in [7, 11) is 0. The van der Waals surface area contributed by atoms with Gasteiger partial charge in [-0.3, -0.25) is 0 Å². The molecule has 1 N–H and O–H groups in total. The lowest BCUT2D eigenvalue weighted by Crippen LogP contribution is -2.32. The lowest BCUT2D eigenvalue weighted by molar-refractivity contribution is -0.0360. The molecule has 1 aromatic rings. The molecule has 0 bridgehead atoms. The molecule has 4 heteroatoms. The zero-order chi connectivity index (χ0) is 12.5. The summed E-state index contributed by atoms with van der Waals surface area (Å²) in [6.45, 7) is 1.96. The number of aryl methyl sites for hydroxylation is 1. The molecule has 2 rings (SSSR count). The smallest absolute Gasteiger partial charge is 0.248 e. The molecule has 17 heavy (non-hydrogen) atoms. The molecule has 1 saturated carbocycles. The maximum atomic E-state index is 13.0. The topological polar surface area (TPSA) is 12.0 Å². The SMILES string of the molecule is Cc1cc(Cl)cc(NC2CCC(F)(F)CC2)c1. The minimum absolute atomic E-state index is 0.0236. The Morgan fingerprint density at radius 2 is 1.88 bits per heavy atom. The Labute approximate surface area is 105 Å². The Morgan fingerprint density at radius 1 is 1.24 bits per heavy atom. The Kier molecular flexibility index (Phi) is 3.57. The van der Waals surface area contributed by atoms with Gasteiger partial charge in [0.1, 0.15) is 0 Å². The van der Waals surface area contributed by atoms with Crippen molar-refractivity contribution >= 4 is 17.3 Å². The van der Waals surface area contributed by atoms with Crippen molar-refractivity contribution in [3.8, 4) is 0 Å². The van der Waals surface area contributed by atoms with Gasteiger partial charge in [0.25, 0.3) is 0 Å². The third-order valence-corrected chi connectivity index (χ3v) is 3.35. The van der Waals surface area contributed by atoms with Crippen LogP contribution >= 0.6 is 11.6 Å². The molecule has 1 fully saturated rings. The predicted octanol–water partition coefficient (Wildman–Crippen LogP) is 4.64. The highest BCUT2D eigenvalue weighted by atomic mass is 35.5. The molecule has 1 nitrogen and oxygen atoms in total. The first-order chi connectivity index (χ1) is 7.94. The largest absolute Gasteiger partial charge is 0.382 e. The van der Waals surface area contributed by atoms with Crippen LogP contribution < -0.4 is 5.32 Å². The van der Waals surface area contributed by atoms with Gasteiger partial charge >= 0.3 is 0 Å². The summed E-state index contributed by atoms with van der Waals surface area (Å²) >= 11 is 5.95. The highest BCUT2D eigenvalue weighted by Gasteiger charge is 2.34. The van der Waals surface area contributed by atoms with Gasteiger partial charge in [-0.15, -0.1) is 0 Å². The van der Waals surface area contributed by atoms with Crippen LogP contribution in [-0.2, 0) is 0 Å². The van der Waals surface area contributed by atoms with Crippen LogP contribution in [0.3, 0.4) is 0 Å². The Hall–Kier alpha value is -0.830. The van der Waals surface area contributed by atoms with Gasteiger partial charge in [0.2, 0.25) is 5.92 Å². The minimum Gasteiger partial charge on any atom is -0.382 e. The first-order valence-corrected chi connectivity index (χ1v) is 6.24. The van der Waals surface area contributed by atoms with Gasteiger partial charge in [-0.2, -0.15) is 0 Å². The van der Waals surface area contributed by atoms with E-state index < -0.39 is 5.92 Å². The Bertz CT molecular complexity index is 376. The molecule has 0 aromatic heterocycles. The zero-order valence-corrected chi connectivity index (χ0v) is 10.5. The van der Waals surface area contributed by atoms with E-state index in [1.54, 1.807) is 0 Å². The van der Waals surface area contributed by atoms with Gasteiger partial charge in [-0.05, 0) is 43.5 Å². The van der Waals surface area contributed by atoms with Crippen LogP contribution in [0.5, 0.6) is 0 Å². The third-order valence-electron chi connectivity index (χ3n) is 3.13. The van der Waals surface area contributed by atoms with Crippen LogP contribution in [0.2, 0.25) is 5.02 Å². The first-order valence-electron chi connectivity index (χ1n) is 5.86. The lowest BCUT2D eigenvalue weighted by Gasteiger charge is -2.29. The molecule has 0 amide bonds. The standard InChI is InChI=1S/C13H16ClF2N/c1-9-6-10(14)8-12(7-9)17-11-2-4-13(15,16)5-3-11/h6-8,11,17H,2-5H2,1H3. The molecule has 0 unspecified atom stereocenters. The number of benzene rings is 1.